The molecule has 0 aliphatic carbocycles. The van der Waals surface area contributed by atoms with Gasteiger partial charge in [-0.05, 0) is 44.5 Å². The highest BCUT2D eigenvalue weighted by Gasteiger charge is 2.16. The summed E-state index contributed by atoms with van der Waals surface area (Å²) in [7, 11) is -3.21. The number of aromatic nitrogens is 1. The molecule has 1 aliphatic rings. The topological polar surface area (TPSA) is 62.3 Å². The number of nitrogens with zero attached hydrogens (tertiary/aromatic N) is 2. The Balaban J connectivity index is 1.96. The second-order valence-corrected chi connectivity index (χ2v) is 7.33. The van der Waals surface area contributed by atoms with Crippen LogP contribution >= 0.6 is 0 Å². The van der Waals surface area contributed by atoms with Crippen LogP contribution in [-0.2, 0) is 9.84 Å². The van der Waals surface area contributed by atoms with Crippen molar-refractivity contribution in [3.05, 3.63) is 18.3 Å². The summed E-state index contributed by atoms with van der Waals surface area (Å²) in [5.41, 5.74) is 0.896. The fourth-order valence-electron chi connectivity index (χ4n) is 2.54. The SMILES string of the molecule is CCN1CCCC(Nc2ccc(S(C)(=O)=O)nc2)CC1. The fraction of sp³-hybridized carbons (Fsp3) is 0.643. The van der Waals surface area contributed by atoms with Crippen molar-refractivity contribution < 1.29 is 8.42 Å². The molecule has 0 bridgehead atoms. The Kier molecular flexibility index (Phi) is 4.99. The summed E-state index contributed by atoms with van der Waals surface area (Å²) in [5.74, 6) is 0. The molecule has 1 fully saturated rings. The van der Waals surface area contributed by atoms with Gasteiger partial charge in [-0.2, -0.15) is 0 Å². The van der Waals surface area contributed by atoms with Crippen molar-refractivity contribution in [3.63, 3.8) is 0 Å². The standard InChI is InChI=1S/C14H23N3O2S/c1-3-17-9-4-5-12(8-10-17)16-13-6-7-14(15-11-13)20(2,18)19/h6-7,11-12,16H,3-5,8-10H2,1-2H3. The summed E-state index contributed by atoms with van der Waals surface area (Å²) in [6.07, 6.45) is 6.23. The molecule has 2 heterocycles. The predicted octanol–water partition coefficient (Wildman–Crippen LogP) is 1.77. The minimum absolute atomic E-state index is 0.126. The van der Waals surface area contributed by atoms with Crippen molar-refractivity contribution in [2.24, 2.45) is 0 Å². The highest BCUT2D eigenvalue weighted by molar-refractivity contribution is 7.90. The van der Waals surface area contributed by atoms with Crippen molar-refractivity contribution in [2.45, 2.75) is 37.3 Å². The molecule has 112 valence electrons. The minimum atomic E-state index is -3.21. The lowest BCUT2D eigenvalue weighted by Crippen LogP contribution is -2.26. The number of nitrogens with one attached hydrogen (secondary N) is 1. The number of sulfone groups is 1. The van der Waals surface area contributed by atoms with Crippen molar-refractivity contribution >= 4 is 15.5 Å². The molecule has 6 heteroatoms. The van der Waals surface area contributed by atoms with Crippen LogP contribution in [0.15, 0.2) is 23.4 Å². The summed E-state index contributed by atoms with van der Waals surface area (Å²) in [4.78, 5) is 6.47. The smallest absolute Gasteiger partial charge is 0.192 e. The Hall–Kier alpha value is -1.14. The molecule has 0 saturated carbocycles. The molecule has 1 aromatic rings. The molecular weight excluding hydrogens is 274 g/mol. The van der Waals surface area contributed by atoms with E-state index in [9.17, 15) is 8.42 Å². The van der Waals surface area contributed by atoms with Gasteiger partial charge in [0.15, 0.2) is 14.9 Å². The molecule has 20 heavy (non-hydrogen) atoms. The molecule has 0 amide bonds. The first kappa shape index (κ1) is 15.3. The quantitative estimate of drug-likeness (QED) is 0.917. The van der Waals surface area contributed by atoms with E-state index in [4.69, 9.17) is 0 Å². The molecule has 1 saturated heterocycles. The van der Waals surface area contributed by atoms with Crippen molar-refractivity contribution in [1.29, 1.82) is 0 Å². The molecule has 1 N–H and O–H groups in total. The van der Waals surface area contributed by atoms with E-state index in [1.54, 1.807) is 18.3 Å². The third-order valence-electron chi connectivity index (χ3n) is 3.75. The van der Waals surface area contributed by atoms with Gasteiger partial charge in [0.25, 0.3) is 0 Å². The number of likely N-dealkylation sites (tertiary alicyclic amines) is 1. The molecule has 1 unspecified atom stereocenters. The monoisotopic (exact) mass is 297 g/mol. The van der Waals surface area contributed by atoms with E-state index >= 15 is 0 Å². The normalized spacial score (nSPS) is 21.4. The molecule has 1 aliphatic heterocycles. The van der Waals surface area contributed by atoms with E-state index in [1.807, 2.05) is 0 Å². The van der Waals surface area contributed by atoms with E-state index < -0.39 is 9.84 Å². The number of anilines is 1. The van der Waals surface area contributed by atoms with Crippen LogP contribution in [0.5, 0.6) is 0 Å². The average molecular weight is 297 g/mol. The first-order valence-electron chi connectivity index (χ1n) is 7.14. The Morgan fingerprint density at radius 3 is 2.75 bits per heavy atom. The van der Waals surface area contributed by atoms with Crippen LogP contribution in [0.3, 0.4) is 0 Å². The van der Waals surface area contributed by atoms with Crippen LogP contribution in [0.1, 0.15) is 26.2 Å². The van der Waals surface area contributed by atoms with E-state index in [-0.39, 0.29) is 5.03 Å². The van der Waals surface area contributed by atoms with Gasteiger partial charge in [-0.25, -0.2) is 13.4 Å². The zero-order valence-electron chi connectivity index (χ0n) is 12.2. The zero-order valence-corrected chi connectivity index (χ0v) is 13.0. The van der Waals surface area contributed by atoms with Gasteiger partial charge in [-0.3, -0.25) is 0 Å². The van der Waals surface area contributed by atoms with Crippen LogP contribution in [0.25, 0.3) is 0 Å². The van der Waals surface area contributed by atoms with Gasteiger partial charge in [0.1, 0.15) is 0 Å². The fourth-order valence-corrected chi connectivity index (χ4v) is 3.10. The lowest BCUT2D eigenvalue weighted by Gasteiger charge is -2.19. The maximum absolute atomic E-state index is 11.4. The summed E-state index contributed by atoms with van der Waals surface area (Å²) >= 11 is 0. The van der Waals surface area contributed by atoms with Crippen molar-refractivity contribution in [1.82, 2.24) is 9.88 Å². The molecule has 1 atom stereocenters. The van der Waals surface area contributed by atoms with Crippen LogP contribution in [0.4, 0.5) is 5.69 Å². The first-order chi connectivity index (χ1) is 9.49. The van der Waals surface area contributed by atoms with Crippen molar-refractivity contribution in [3.8, 4) is 0 Å². The molecule has 0 spiro atoms. The maximum Gasteiger partial charge on any atom is 0.192 e. The number of hydrogen-bond acceptors (Lipinski definition) is 5. The number of pyridine rings is 1. The minimum Gasteiger partial charge on any atom is -0.381 e. The predicted molar refractivity (Wildman–Crippen MR) is 80.7 cm³/mol. The van der Waals surface area contributed by atoms with E-state index in [1.165, 1.54) is 19.2 Å². The van der Waals surface area contributed by atoms with Gasteiger partial charge in [0.05, 0.1) is 11.9 Å². The first-order valence-corrected chi connectivity index (χ1v) is 9.03. The second-order valence-electron chi connectivity index (χ2n) is 5.36. The summed E-state index contributed by atoms with van der Waals surface area (Å²) < 4.78 is 22.7. The average Bonchev–Trinajstić information content (AvgIpc) is 2.63. The van der Waals surface area contributed by atoms with Gasteiger partial charge in [-0.1, -0.05) is 6.92 Å². The van der Waals surface area contributed by atoms with Gasteiger partial charge in [0.2, 0.25) is 0 Å². The Morgan fingerprint density at radius 1 is 1.35 bits per heavy atom. The largest absolute Gasteiger partial charge is 0.381 e. The number of rotatable bonds is 4. The molecular formula is C14H23N3O2S. The zero-order chi connectivity index (χ0) is 14.6. The lowest BCUT2D eigenvalue weighted by molar-refractivity contribution is 0.300. The van der Waals surface area contributed by atoms with Crippen LogP contribution in [0.2, 0.25) is 0 Å². The van der Waals surface area contributed by atoms with Gasteiger partial charge in [0, 0.05) is 18.8 Å². The van der Waals surface area contributed by atoms with E-state index in [0.29, 0.717) is 6.04 Å². The Morgan fingerprint density at radius 2 is 2.15 bits per heavy atom. The van der Waals surface area contributed by atoms with E-state index in [2.05, 4.69) is 22.1 Å². The maximum atomic E-state index is 11.4. The molecule has 1 aromatic heterocycles. The molecule has 0 aromatic carbocycles. The summed E-state index contributed by atoms with van der Waals surface area (Å²) in [6.45, 7) is 5.59. The molecule has 0 radical (unpaired) electrons. The second kappa shape index (κ2) is 6.54. The van der Waals surface area contributed by atoms with Crippen molar-refractivity contribution in [2.75, 3.05) is 31.2 Å². The highest BCUT2D eigenvalue weighted by atomic mass is 32.2. The van der Waals surface area contributed by atoms with Crippen LogP contribution < -0.4 is 5.32 Å². The molecule has 2 rings (SSSR count). The Labute approximate surface area is 121 Å². The third kappa shape index (κ3) is 4.18. The third-order valence-corrected chi connectivity index (χ3v) is 4.76. The molecule has 5 nitrogen and oxygen atoms in total. The number of hydrogen-bond donors (Lipinski definition) is 1. The van der Waals surface area contributed by atoms with Crippen LogP contribution in [-0.4, -0.2) is 50.2 Å². The highest BCUT2D eigenvalue weighted by Crippen LogP contribution is 2.17. The van der Waals surface area contributed by atoms with Gasteiger partial charge >= 0.3 is 0 Å². The van der Waals surface area contributed by atoms with Gasteiger partial charge in [-0.15, -0.1) is 0 Å². The van der Waals surface area contributed by atoms with Gasteiger partial charge < -0.3 is 10.2 Å². The summed E-state index contributed by atoms with van der Waals surface area (Å²) in [5, 5.41) is 3.59. The van der Waals surface area contributed by atoms with Crippen LogP contribution in [0, 0.1) is 0 Å². The summed E-state index contributed by atoms with van der Waals surface area (Å²) in [6, 6.07) is 3.80. The lowest BCUT2D eigenvalue weighted by atomic mass is 10.1. The Bertz CT molecular complexity index is 528. The van der Waals surface area contributed by atoms with E-state index in [0.717, 1.165) is 31.6 Å².